The minimum atomic E-state index is -0.0375. The van der Waals surface area contributed by atoms with E-state index >= 15 is 0 Å². The van der Waals surface area contributed by atoms with E-state index in [1.165, 1.54) is 0 Å². The Morgan fingerprint density at radius 2 is 1.85 bits per heavy atom. The van der Waals surface area contributed by atoms with Crippen molar-refractivity contribution >= 4 is 23.4 Å². The molecule has 0 fully saturated rings. The van der Waals surface area contributed by atoms with Gasteiger partial charge in [0.05, 0.1) is 12.3 Å². The molecule has 136 valence electrons. The molecule has 4 rings (SSSR count). The Morgan fingerprint density at radius 3 is 2.63 bits per heavy atom. The molecule has 1 aromatic heterocycles. The Morgan fingerprint density at radius 1 is 1.07 bits per heavy atom. The Bertz CT molecular complexity index is 932. The molecule has 4 heteroatoms. The van der Waals surface area contributed by atoms with Gasteiger partial charge < -0.3 is 14.6 Å². The normalized spacial score (nSPS) is 19.1. The second-order valence-electron chi connectivity index (χ2n) is 6.76. The highest BCUT2D eigenvalue weighted by atomic mass is 16.3. The molecule has 3 aromatic rings. The zero-order chi connectivity index (χ0) is 18.6. The Labute approximate surface area is 159 Å². The average molecular weight is 358 g/mol. The molecule has 2 heterocycles. The van der Waals surface area contributed by atoms with Crippen molar-refractivity contribution in [3.05, 3.63) is 90.4 Å². The second-order valence-corrected chi connectivity index (χ2v) is 6.76. The number of furan rings is 1. The lowest BCUT2D eigenvalue weighted by atomic mass is 9.91. The minimum Gasteiger partial charge on any atom is -0.465 e. The molecule has 27 heavy (non-hydrogen) atoms. The SMILES string of the molecule is C[C@@H]1C[C@@H](Nc2ccccc2)c2ccccc2N1C(=O)C=Cc1ccco1. The van der Waals surface area contributed by atoms with Crippen LogP contribution in [0, 0.1) is 0 Å². The van der Waals surface area contributed by atoms with Crippen LogP contribution in [-0.2, 0) is 4.79 Å². The first-order valence-corrected chi connectivity index (χ1v) is 9.17. The summed E-state index contributed by atoms with van der Waals surface area (Å²) >= 11 is 0. The third kappa shape index (κ3) is 3.65. The Balaban J connectivity index is 1.61. The van der Waals surface area contributed by atoms with Gasteiger partial charge in [0, 0.05) is 23.5 Å². The molecule has 2 atom stereocenters. The maximum atomic E-state index is 12.9. The van der Waals surface area contributed by atoms with Gasteiger partial charge in [-0.1, -0.05) is 36.4 Å². The molecule has 0 saturated carbocycles. The molecule has 1 aliphatic heterocycles. The third-order valence-electron chi connectivity index (χ3n) is 4.87. The van der Waals surface area contributed by atoms with Crippen molar-refractivity contribution in [1.29, 1.82) is 0 Å². The van der Waals surface area contributed by atoms with Crippen molar-refractivity contribution in [3.8, 4) is 0 Å². The summed E-state index contributed by atoms with van der Waals surface area (Å²) in [6, 6.07) is 22.2. The van der Waals surface area contributed by atoms with Crippen LogP contribution < -0.4 is 10.2 Å². The number of para-hydroxylation sites is 2. The van der Waals surface area contributed by atoms with E-state index in [2.05, 4.69) is 30.4 Å². The number of carbonyl (C=O) groups excluding carboxylic acids is 1. The van der Waals surface area contributed by atoms with Gasteiger partial charge in [-0.05, 0) is 55.3 Å². The molecule has 0 radical (unpaired) electrons. The van der Waals surface area contributed by atoms with E-state index in [9.17, 15) is 4.79 Å². The van der Waals surface area contributed by atoms with Crippen molar-refractivity contribution in [1.82, 2.24) is 0 Å². The van der Waals surface area contributed by atoms with Crippen molar-refractivity contribution in [2.24, 2.45) is 0 Å². The molecule has 1 aliphatic rings. The summed E-state index contributed by atoms with van der Waals surface area (Å²) in [6.07, 6.45) is 5.73. The summed E-state index contributed by atoms with van der Waals surface area (Å²) in [5, 5.41) is 3.61. The summed E-state index contributed by atoms with van der Waals surface area (Å²) in [5.74, 6) is 0.634. The van der Waals surface area contributed by atoms with Gasteiger partial charge in [0.1, 0.15) is 5.76 Å². The van der Waals surface area contributed by atoms with Gasteiger partial charge in [-0.2, -0.15) is 0 Å². The van der Waals surface area contributed by atoms with Crippen LogP contribution in [0.3, 0.4) is 0 Å². The number of amides is 1. The molecular weight excluding hydrogens is 336 g/mol. The lowest BCUT2D eigenvalue weighted by Gasteiger charge is -2.39. The maximum absolute atomic E-state index is 12.9. The van der Waals surface area contributed by atoms with Crippen LogP contribution in [0.1, 0.15) is 30.7 Å². The predicted molar refractivity (Wildman–Crippen MR) is 109 cm³/mol. The molecule has 2 aromatic carbocycles. The van der Waals surface area contributed by atoms with E-state index < -0.39 is 0 Å². The monoisotopic (exact) mass is 358 g/mol. The Hall–Kier alpha value is -3.27. The summed E-state index contributed by atoms with van der Waals surface area (Å²) in [7, 11) is 0. The van der Waals surface area contributed by atoms with Gasteiger partial charge in [-0.15, -0.1) is 0 Å². The zero-order valence-electron chi connectivity index (χ0n) is 15.2. The van der Waals surface area contributed by atoms with Crippen molar-refractivity contribution < 1.29 is 9.21 Å². The number of nitrogens with zero attached hydrogens (tertiary/aromatic N) is 1. The number of rotatable bonds is 4. The molecule has 0 aliphatic carbocycles. The number of fused-ring (bicyclic) bond motifs is 1. The van der Waals surface area contributed by atoms with E-state index in [0.717, 1.165) is 23.4 Å². The van der Waals surface area contributed by atoms with Gasteiger partial charge in [0.2, 0.25) is 0 Å². The summed E-state index contributed by atoms with van der Waals surface area (Å²) in [6.45, 7) is 2.09. The standard InChI is InChI=1S/C23H22N2O2/c1-17-16-21(24-18-8-3-2-4-9-18)20-11-5-6-12-22(20)25(17)23(26)14-13-19-10-7-15-27-19/h2-15,17,21,24H,16H2,1H3/t17-,21-/m1/s1. The molecule has 0 unspecified atom stereocenters. The van der Waals surface area contributed by atoms with Crippen LogP contribution in [0.15, 0.2) is 83.5 Å². The van der Waals surface area contributed by atoms with Crippen LogP contribution >= 0.6 is 0 Å². The first-order valence-electron chi connectivity index (χ1n) is 9.17. The molecule has 0 spiro atoms. The zero-order valence-corrected chi connectivity index (χ0v) is 15.2. The third-order valence-corrected chi connectivity index (χ3v) is 4.87. The van der Waals surface area contributed by atoms with Crippen LogP contribution in [0.5, 0.6) is 0 Å². The smallest absolute Gasteiger partial charge is 0.251 e. The van der Waals surface area contributed by atoms with Gasteiger partial charge in [-0.25, -0.2) is 0 Å². The fraction of sp³-hybridized carbons (Fsp3) is 0.174. The fourth-order valence-electron chi connectivity index (χ4n) is 3.64. The number of nitrogens with one attached hydrogen (secondary N) is 1. The van der Waals surface area contributed by atoms with Crippen molar-refractivity contribution in [2.45, 2.75) is 25.4 Å². The number of hydrogen-bond acceptors (Lipinski definition) is 3. The average Bonchev–Trinajstić information content (AvgIpc) is 3.21. The molecule has 4 nitrogen and oxygen atoms in total. The Kier molecular flexibility index (Phi) is 4.79. The molecule has 0 bridgehead atoms. The van der Waals surface area contributed by atoms with E-state index in [1.54, 1.807) is 18.4 Å². The lowest BCUT2D eigenvalue weighted by Crippen LogP contribution is -2.43. The molecular formula is C23H22N2O2. The van der Waals surface area contributed by atoms with Gasteiger partial charge in [-0.3, -0.25) is 4.79 Å². The highest BCUT2D eigenvalue weighted by molar-refractivity contribution is 6.05. The molecule has 0 saturated heterocycles. The van der Waals surface area contributed by atoms with Gasteiger partial charge in [0.15, 0.2) is 0 Å². The van der Waals surface area contributed by atoms with Gasteiger partial charge in [0.25, 0.3) is 5.91 Å². The molecule has 1 N–H and O–H groups in total. The largest absolute Gasteiger partial charge is 0.465 e. The number of hydrogen-bond donors (Lipinski definition) is 1. The first kappa shape index (κ1) is 17.2. The topological polar surface area (TPSA) is 45.5 Å². The van der Waals surface area contributed by atoms with E-state index in [4.69, 9.17) is 4.42 Å². The van der Waals surface area contributed by atoms with Crippen LogP contribution in [0.25, 0.3) is 6.08 Å². The van der Waals surface area contributed by atoms with E-state index in [-0.39, 0.29) is 18.0 Å². The number of anilines is 2. The quantitative estimate of drug-likeness (QED) is 0.646. The van der Waals surface area contributed by atoms with Gasteiger partial charge >= 0.3 is 0 Å². The number of benzene rings is 2. The summed E-state index contributed by atoms with van der Waals surface area (Å²) in [5.41, 5.74) is 3.18. The van der Waals surface area contributed by atoms with Crippen molar-refractivity contribution in [3.63, 3.8) is 0 Å². The lowest BCUT2D eigenvalue weighted by molar-refractivity contribution is -0.114. The number of carbonyl (C=O) groups is 1. The molecule has 1 amide bonds. The van der Waals surface area contributed by atoms with Crippen LogP contribution in [-0.4, -0.2) is 11.9 Å². The second kappa shape index (κ2) is 7.54. The van der Waals surface area contributed by atoms with E-state index in [1.807, 2.05) is 53.4 Å². The van der Waals surface area contributed by atoms with E-state index in [0.29, 0.717) is 5.76 Å². The van der Waals surface area contributed by atoms with Crippen molar-refractivity contribution in [2.75, 3.05) is 10.2 Å². The fourth-order valence-corrected chi connectivity index (χ4v) is 3.64. The maximum Gasteiger partial charge on any atom is 0.251 e. The van der Waals surface area contributed by atoms with Crippen LogP contribution in [0.4, 0.5) is 11.4 Å². The van der Waals surface area contributed by atoms with Crippen LogP contribution in [0.2, 0.25) is 0 Å². The highest BCUT2D eigenvalue weighted by Gasteiger charge is 2.32. The summed E-state index contributed by atoms with van der Waals surface area (Å²) < 4.78 is 5.28. The summed E-state index contributed by atoms with van der Waals surface area (Å²) in [4.78, 5) is 14.8. The predicted octanol–water partition coefficient (Wildman–Crippen LogP) is 5.27. The first-order chi connectivity index (χ1) is 13.2. The minimum absolute atomic E-state index is 0.0375. The highest BCUT2D eigenvalue weighted by Crippen LogP contribution is 2.39.